The first-order valence-electron chi connectivity index (χ1n) is 9.32. The van der Waals surface area contributed by atoms with E-state index in [0.29, 0.717) is 0 Å². The van der Waals surface area contributed by atoms with Crippen molar-refractivity contribution < 1.29 is 4.74 Å². The standard InChI is InChI=1S/C20H28N4O/c1-5-17-18(6-2)22-23-20(21-17)24-11-9-16(10-12-24)25-19-13-14(3)7-8-15(19)4/h7-8,13,16H,5-6,9-12H2,1-4H3. The van der Waals surface area contributed by atoms with Gasteiger partial charge in [0.25, 0.3) is 0 Å². The number of ether oxygens (including phenoxy) is 1. The Morgan fingerprint density at radius 2 is 1.76 bits per heavy atom. The Bertz CT molecular complexity index is 724. The van der Waals surface area contributed by atoms with Crippen LogP contribution in [0.4, 0.5) is 5.95 Å². The van der Waals surface area contributed by atoms with Gasteiger partial charge in [-0.05, 0) is 43.9 Å². The molecule has 0 saturated carbocycles. The lowest BCUT2D eigenvalue weighted by molar-refractivity contribution is 0.169. The van der Waals surface area contributed by atoms with E-state index in [1.165, 1.54) is 11.1 Å². The SMILES string of the molecule is CCc1nnc(N2CCC(Oc3cc(C)ccc3C)CC2)nc1CC. The van der Waals surface area contributed by atoms with Crippen LogP contribution in [0.25, 0.3) is 0 Å². The first-order valence-corrected chi connectivity index (χ1v) is 9.32. The number of aromatic nitrogens is 3. The van der Waals surface area contributed by atoms with Crippen LogP contribution in [0.1, 0.15) is 49.2 Å². The zero-order valence-electron chi connectivity index (χ0n) is 15.7. The highest BCUT2D eigenvalue weighted by atomic mass is 16.5. The lowest BCUT2D eigenvalue weighted by Gasteiger charge is -2.32. The molecule has 1 fully saturated rings. The zero-order chi connectivity index (χ0) is 17.8. The molecule has 5 nitrogen and oxygen atoms in total. The summed E-state index contributed by atoms with van der Waals surface area (Å²) in [5.74, 6) is 1.77. The third-order valence-electron chi connectivity index (χ3n) is 4.86. The van der Waals surface area contributed by atoms with Crippen LogP contribution in [0.15, 0.2) is 18.2 Å². The quantitative estimate of drug-likeness (QED) is 0.831. The van der Waals surface area contributed by atoms with Gasteiger partial charge in [-0.2, -0.15) is 5.10 Å². The van der Waals surface area contributed by atoms with Crippen molar-refractivity contribution in [2.75, 3.05) is 18.0 Å². The number of rotatable bonds is 5. The molecule has 0 N–H and O–H groups in total. The summed E-state index contributed by atoms with van der Waals surface area (Å²) in [6.07, 6.45) is 4.00. The summed E-state index contributed by atoms with van der Waals surface area (Å²) in [6.45, 7) is 10.2. The van der Waals surface area contributed by atoms with E-state index in [1.54, 1.807) is 0 Å². The average Bonchev–Trinajstić information content (AvgIpc) is 2.64. The highest BCUT2D eigenvalue weighted by Gasteiger charge is 2.23. The van der Waals surface area contributed by atoms with Crippen LogP contribution < -0.4 is 9.64 Å². The molecule has 3 rings (SSSR count). The Labute approximate surface area is 150 Å². The topological polar surface area (TPSA) is 51.1 Å². The third-order valence-corrected chi connectivity index (χ3v) is 4.86. The van der Waals surface area contributed by atoms with Crippen molar-refractivity contribution in [2.45, 2.75) is 59.5 Å². The normalized spacial score (nSPS) is 15.4. The fraction of sp³-hybridized carbons (Fsp3) is 0.550. The largest absolute Gasteiger partial charge is 0.490 e. The molecule has 1 aliphatic heterocycles. The van der Waals surface area contributed by atoms with Crippen LogP contribution in [-0.4, -0.2) is 34.4 Å². The van der Waals surface area contributed by atoms with Crippen LogP contribution >= 0.6 is 0 Å². The van der Waals surface area contributed by atoms with Gasteiger partial charge in [-0.1, -0.05) is 26.0 Å². The van der Waals surface area contributed by atoms with E-state index in [1.807, 2.05) is 0 Å². The van der Waals surface area contributed by atoms with E-state index in [-0.39, 0.29) is 6.10 Å². The fourth-order valence-corrected chi connectivity index (χ4v) is 3.25. The minimum atomic E-state index is 0.255. The third kappa shape index (κ3) is 4.09. The average molecular weight is 340 g/mol. The molecular formula is C20H28N4O. The van der Waals surface area contributed by atoms with Crippen molar-refractivity contribution in [1.82, 2.24) is 15.2 Å². The number of piperidine rings is 1. The van der Waals surface area contributed by atoms with Crippen molar-refractivity contribution in [3.8, 4) is 5.75 Å². The van der Waals surface area contributed by atoms with E-state index in [9.17, 15) is 0 Å². The summed E-state index contributed by atoms with van der Waals surface area (Å²) in [5.41, 5.74) is 4.52. The summed E-state index contributed by atoms with van der Waals surface area (Å²) in [4.78, 5) is 6.96. The number of anilines is 1. The van der Waals surface area contributed by atoms with Crippen LogP contribution in [0.3, 0.4) is 0 Å². The van der Waals surface area contributed by atoms with Crippen molar-refractivity contribution in [2.24, 2.45) is 0 Å². The molecule has 0 aliphatic carbocycles. The summed E-state index contributed by atoms with van der Waals surface area (Å²) < 4.78 is 6.25. The lowest BCUT2D eigenvalue weighted by Crippen LogP contribution is -2.39. The number of aryl methyl sites for hydroxylation is 4. The smallest absolute Gasteiger partial charge is 0.245 e. The predicted octanol–water partition coefficient (Wildman–Crippen LogP) is 3.66. The van der Waals surface area contributed by atoms with Crippen LogP contribution in [0.2, 0.25) is 0 Å². The molecule has 2 heterocycles. The Kier molecular flexibility index (Phi) is 5.51. The molecule has 1 aliphatic rings. The maximum atomic E-state index is 6.25. The number of hydrogen-bond acceptors (Lipinski definition) is 5. The Morgan fingerprint density at radius 3 is 2.44 bits per heavy atom. The first-order chi connectivity index (χ1) is 12.1. The minimum absolute atomic E-state index is 0.255. The number of nitrogens with zero attached hydrogens (tertiary/aromatic N) is 4. The van der Waals surface area contributed by atoms with E-state index in [2.05, 4.69) is 61.0 Å². The molecule has 0 unspecified atom stereocenters. The Balaban J connectivity index is 1.63. The molecule has 1 aromatic carbocycles. The molecule has 5 heteroatoms. The molecule has 0 radical (unpaired) electrons. The van der Waals surface area contributed by atoms with Gasteiger partial charge in [-0.15, -0.1) is 5.10 Å². The van der Waals surface area contributed by atoms with Gasteiger partial charge in [-0.25, -0.2) is 4.98 Å². The van der Waals surface area contributed by atoms with E-state index in [4.69, 9.17) is 9.72 Å². The monoisotopic (exact) mass is 340 g/mol. The van der Waals surface area contributed by atoms with Gasteiger partial charge in [-0.3, -0.25) is 0 Å². The zero-order valence-corrected chi connectivity index (χ0v) is 15.7. The summed E-state index contributed by atoms with van der Waals surface area (Å²) in [5, 5.41) is 8.71. The van der Waals surface area contributed by atoms with Crippen molar-refractivity contribution in [3.05, 3.63) is 40.7 Å². The van der Waals surface area contributed by atoms with E-state index >= 15 is 0 Å². The van der Waals surface area contributed by atoms with Crippen LogP contribution in [0, 0.1) is 13.8 Å². The molecule has 0 atom stereocenters. The maximum absolute atomic E-state index is 6.25. The predicted molar refractivity (Wildman–Crippen MR) is 100 cm³/mol. The molecule has 1 saturated heterocycles. The van der Waals surface area contributed by atoms with Gasteiger partial charge in [0, 0.05) is 25.9 Å². The second-order valence-electron chi connectivity index (χ2n) is 6.79. The number of benzene rings is 1. The highest BCUT2D eigenvalue weighted by Crippen LogP contribution is 2.25. The van der Waals surface area contributed by atoms with Crippen molar-refractivity contribution in [3.63, 3.8) is 0 Å². The van der Waals surface area contributed by atoms with Crippen LogP contribution in [-0.2, 0) is 12.8 Å². The van der Waals surface area contributed by atoms with E-state index in [0.717, 1.165) is 61.9 Å². The Hall–Kier alpha value is -2.17. The minimum Gasteiger partial charge on any atom is -0.490 e. The molecule has 25 heavy (non-hydrogen) atoms. The van der Waals surface area contributed by atoms with Gasteiger partial charge in [0.05, 0.1) is 11.4 Å². The first kappa shape index (κ1) is 17.6. The molecule has 0 bridgehead atoms. The number of hydrogen-bond donors (Lipinski definition) is 0. The maximum Gasteiger partial charge on any atom is 0.245 e. The molecule has 1 aromatic heterocycles. The van der Waals surface area contributed by atoms with Gasteiger partial charge in [0.15, 0.2) is 0 Å². The summed E-state index contributed by atoms with van der Waals surface area (Å²) >= 11 is 0. The highest BCUT2D eigenvalue weighted by molar-refractivity contribution is 5.36. The molecule has 2 aromatic rings. The van der Waals surface area contributed by atoms with Gasteiger partial charge in [0.2, 0.25) is 5.95 Å². The second kappa shape index (κ2) is 7.81. The summed E-state index contributed by atoms with van der Waals surface area (Å²) in [7, 11) is 0. The lowest BCUT2D eigenvalue weighted by atomic mass is 10.1. The van der Waals surface area contributed by atoms with E-state index < -0.39 is 0 Å². The van der Waals surface area contributed by atoms with Crippen molar-refractivity contribution in [1.29, 1.82) is 0 Å². The van der Waals surface area contributed by atoms with Gasteiger partial charge in [0.1, 0.15) is 11.9 Å². The summed E-state index contributed by atoms with van der Waals surface area (Å²) in [6, 6.07) is 6.38. The Morgan fingerprint density at radius 1 is 1.04 bits per heavy atom. The van der Waals surface area contributed by atoms with Crippen LogP contribution in [0.5, 0.6) is 5.75 Å². The fourth-order valence-electron chi connectivity index (χ4n) is 3.25. The van der Waals surface area contributed by atoms with Gasteiger partial charge >= 0.3 is 0 Å². The second-order valence-corrected chi connectivity index (χ2v) is 6.79. The molecule has 134 valence electrons. The molecule has 0 spiro atoms. The van der Waals surface area contributed by atoms with Crippen molar-refractivity contribution >= 4 is 5.95 Å². The molecule has 0 amide bonds. The molecular weight excluding hydrogens is 312 g/mol. The van der Waals surface area contributed by atoms with Gasteiger partial charge < -0.3 is 9.64 Å².